The molecule has 0 aromatic carbocycles. The van der Waals surface area contributed by atoms with Crippen molar-refractivity contribution in [2.75, 3.05) is 26.4 Å². The van der Waals surface area contributed by atoms with E-state index in [2.05, 4.69) is 11.3 Å². The Labute approximate surface area is 103 Å². The molecule has 0 bridgehead atoms. The molecule has 17 heavy (non-hydrogen) atoms. The minimum atomic E-state index is -0.667. The van der Waals surface area contributed by atoms with Crippen LogP contribution in [-0.2, 0) is 9.53 Å². The van der Waals surface area contributed by atoms with Gasteiger partial charge in [0, 0.05) is 11.0 Å². The molecular formula is C12H24O5. The first kappa shape index (κ1) is 18.5. The van der Waals surface area contributed by atoms with E-state index in [9.17, 15) is 4.79 Å². The monoisotopic (exact) mass is 248 g/mol. The minimum absolute atomic E-state index is 0.156. The zero-order valence-electron chi connectivity index (χ0n) is 10.9. The Morgan fingerprint density at radius 1 is 1.18 bits per heavy atom. The summed E-state index contributed by atoms with van der Waals surface area (Å²) in [7, 11) is 0. The lowest BCUT2D eigenvalue weighted by Crippen LogP contribution is -2.32. The normalized spacial score (nSPS) is 10.2. The number of aliphatic hydroxyl groups is 3. The second-order valence-electron chi connectivity index (χ2n) is 3.83. The Bertz CT molecular complexity index is 203. The van der Waals surface area contributed by atoms with Crippen molar-refractivity contribution in [2.45, 2.75) is 27.2 Å². The van der Waals surface area contributed by atoms with E-state index >= 15 is 0 Å². The van der Waals surface area contributed by atoms with E-state index in [1.807, 2.05) is 6.92 Å². The fourth-order valence-electron chi connectivity index (χ4n) is 0.740. The summed E-state index contributed by atoms with van der Waals surface area (Å²) in [4.78, 5) is 10.4. The molecule has 0 aliphatic heterocycles. The lowest BCUT2D eigenvalue weighted by Gasteiger charge is -2.24. The second-order valence-corrected chi connectivity index (χ2v) is 3.83. The maximum atomic E-state index is 10.4. The van der Waals surface area contributed by atoms with Crippen LogP contribution in [0.2, 0.25) is 0 Å². The van der Waals surface area contributed by atoms with E-state index in [0.29, 0.717) is 18.6 Å². The predicted molar refractivity (Wildman–Crippen MR) is 65.4 cm³/mol. The lowest BCUT2D eigenvalue weighted by atomic mass is 9.88. The zero-order valence-corrected chi connectivity index (χ0v) is 10.9. The van der Waals surface area contributed by atoms with Gasteiger partial charge in [-0.3, -0.25) is 0 Å². The van der Waals surface area contributed by atoms with Crippen molar-refractivity contribution < 1.29 is 24.9 Å². The first-order chi connectivity index (χ1) is 7.92. The minimum Gasteiger partial charge on any atom is -0.463 e. The number of ether oxygens (including phenoxy) is 1. The Kier molecular flexibility index (Phi) is 11.1. The summed E-state index contributed by atoms with van der Waals surface area (Å²) < 4.78 is 4.56. The molecule has 102 valence electrons. The van der Waals surface area contributed by atoms with Gasteiger partial charge in [-0.2, -0.15) is 0 Å². The molecule has 0 amide bonds. The van der Waals surface area contributed by atoms with Crippen LogP contribution in [0.4, 0.5) is 0 Å². The Morgan fingerprint density at radius 3 is 1.65 bits per heavy atom. The highest BCUT2D eigenvalue weighted by Crippen LogP contribution is 2.18. The number of rotatable bonds is 6. The molecule has 3 N–H and O–H groups in total. The van der Waals surface area contributed by atoms with Gasteiger partial charge in [-0.1, -0.05) is 13.5 Å². The smallest absolute Gasteiger partial charge is 0.333 e. The summed E-state index contributed by atoms with van der Waals surface area (Å²) in [6, 6.07) is 0. The third-order valence-corrected chi connectivity index (χ3v) is 2.38. The summed E-state index contributed by atoms with van der Waals surface area (Å²) in [5.41, 5.74) is -0.216. The maximum absolute atomic E-state index is 10.4. The molecule has 0 saturated heterocycles. The zero-order chi connectivity index (χ0) is 13.9. The van der Waals surface area contributed by atoms with E-state index in [1.54, 1.807) is 13.8 Å². The average Bonchev–Trinajstić information content (AvgIpc) is 2.34. The SMILES string of the molecule is C=C(C)C(=O)OCC.CCC(CO)(CO)CO. The molecule has 0 heterocycles. The van der Waals surface area contributed by atoms with Gasteiger partial charge in [0.25, 0.3) is 0 Å². The summed E-state index contributed by atoms with van der Waals surface area (Å²) in [5, 5.41) is 26.0. The third-order valence-electron chi connectivity index (χ3n) is 2.38. The predicted octanol–water partition coefficient (Wildman–Crippen LogP) is 0.485. The first-order valence-electron chi connectivity index (χ1n) is 5.58. The van der Waals surface area contributed by atoms with Crippen LogP contribution in [0.3, 0.4) is 0 Å². The van der Waals surface area contributed by atoms with Crippen LogP contribution in [0.15, 0.2) is 12.2 Å². The molecule has 0 aromatic heterocycles. The summed E-state index contributed by atoms with van der Waals surface area (Å²) in [6.07, 6.45) is 0.594. The van der Waals surface area contributed by atoms with Gasteiger partial charge in [0.2, 0.25) is 0 Å². The molecule has 5 nitrogen and oxygen atoms in total. The van der Waals surface area contributed by atoms with Crippen molar-refractivity contribution >= 4 is 5.97 Å². The molecular weight excluding hydrogens is 224 g/mol. The van der Waals surface area contributed by atoms with Crippen LogP contribution in [0.1, 0.15) is 27.2 Å². The van der Waals surface area contributed by atoms with Crippen LogP contribution in [0.25, 0.3) is 0 Å². The van der Waals surface area contributed by atoms with Crippen molar-refractivity contribution in [2.24, 2.45) is 5.41 Å². The number of aliphatic hydroxyl groups excluding tert-OH is 3. The highest BCUT2D eigenvalue weighted by molar-refractivity contribution is 5.86. The molecule has 0 aromatic rings. The van der Waals surface area contributed by atoms with Crippen LogP contribution in [0, 0.1) is 5.41 Å². The Balaban J connectivity index is 0. The van der Waals surface area contributed by atoms with Crippen LogP contribution in [-0.4, -0.2) is 47.7 Å². The van der Waals surface area contributed by atoms with Gasteiger partial charge < -0.3 is 20.1 Å². The number of esters is 1. The average molecular weight is 248 g/mol. The van der Waals surface area contributed by atoms with Gasteiger partial charge in [-0.25, -0.2) is 4.79 Å². The largest absolute Gasteiger partial charge is 0.463 e. The number of hydrogen-bond donors (Lipinski definition) is 3. The van der Waals surface area contributed by atoms with Gasteiger partial charge in [-0.05, 0) is 20.3 Å². The Hall–Kier alpha value is -0.910. The number of carbonyl (C=O) groups is 1. The molecule has 0 saturated carbocycles. The molecule has 0 atom stereocenters. The highest BCUT2D eigenvalue weighted by atomic mass is 16.5. The molecule has 0 unspecified atom stereocenters. The molecule has 0 radical (unpaired) electrons. The third kappa shape index (κ3) is 7.90. The molecule has 0 aliphatic rings. The molecule has 0 aliphatic carbocycles. The molecule has 5 heteroatoms. The van der Waals surface area contributed by atoms with Gasteiger partial charge in [0.05, 0.1) is 26.4 Å². The van der Waals surface area contributed by atoms with E-state index in [-0.39, 0.29) is 25.8 Å². The summed E-state index contributed by atoms with van der Waals surface area (Å²) >= 11 is 0. The van der Waals surface area contributed by atoms with Gasteiger partial charge >= 0.3 is 5.97 Å². The van der Waals surface area contributed by atoms with Crippen molar-refractivity contribution in [1.82, 2.24) is 0 Å². The van der Waals surface area contributed by atoms with Crippen molar-refractivity contribution in [3.63, 3.8) is 0 Å². The van der Waals surface area contributed by atoms with E-state index in [4.69, 9.17) is 15.3 Å². The van der Waals surface area contributed by atoms with Crippen molar-refractivity contribution in [3.05, 3.63) is 12.2 Å². The van der Waals surface area contributed by atoms with Crippen molar-refractivity contribution in [1.29, 1.82) is 0 Å². The van der Waals surface area contributed by atoms with Crippen molar-refractivity contribution in [3.8, 4) is 0 Å². The summed E-state index contributed by atoms with van der Waals surface area (Å²) in [5.74, 6) is -0.312. The fraction of sp³-hybridized carbons (Fsp3) is 0.750. The standard InChI is InChI=1S/C6H14O3.C6H10O2/c1-2-6(3-7,4-8)5-9;1-4-8-6(7)5(2)3/h7-9H,2-5H2,1H3;2,4H2,1,3H3. The van der Waals surface area contributed by atoms with Crippen LogP contribution >= 0.6 is 0 Å². The second kappa shape index (κ2) is 10.3. The van der Waals surface area contributed by atoms with Crippen LogP contribution in [0.5, 0.6) is 0 Å². The fourth-order valence-corrected chi connectivity index (χ4v) is 0.740. The van der Waals surface area contributed by atoms with Gasteiger partial charge in [-0.15, -0.1) is 0 Å². The van der Waals surface area contributed by atoms with E-state index < -0.39 is 5.41 Å². The quantitative estimate of drug-likeness (QED) is 0.470. The molecule has 0 spiro atoms. The number of carbonyl (C=O) groups excluding carboxylic acids is 1. The molecule has 0 fully saturated rings. The van der Waals surface area contributed by atoms with Gasteiger partial charge in [0.1, 0.15) is 0 Å². The van der Waals surface area contributed by atoms with Gasteiger partial charge in [0.15, 0.2) is 0 Å². The first-order valence-corrected chi connectivity index (χ1v) is 5.58. The highest BCUT2D eigenvalue weighted by Gasteiger charge is 2.24. The van der Waals surface area contributed by atoms with Crippen LogP contribution < -0.4 is 0 Å². The lowest BCUT2D eigenvalue weighted by molar-refractivity contribution is -0.138. The van der Waals surface area contributed by atoms with E-state index in [1.165, 1.54) is 0 Å². The summed E-state index contributed by atoms with van der Waals surface area (Å²) in [6.45, 7) is 8.56. The Morgan fingerprint density at radius 2 is 1.59 bits per heavy atom. The maximum Gasteiger partial charge on any atom is 0.333 e. The molecule has 0 rings (SSSR count). The van der Waals surface area contributed by atoms with E-state index in [0.717, 1.165) is 0 Å². The topological polar surface area (TPSA) is 87.0 Å². The number of hydrogen-bond acceptors (Lipinski definition) is 5.